The summed E-state index contributed by atoms with van der Waals surface area (Å²) in [6.07, 6.45) is 0. The van der Waals surface area contributed by atoms with E-state index in [1.807, 2.05) is 0 Å². The van der Waals surface area contributed by atoms with Gasteiger partial charge in [0.1, 0.15) is 5.84 Å². The Morgan fingerprint density at radius 3 is 2.42 bits per heavy atom. The zero-order chi connectivity index (χ0) is 14.6. The summed E-state index contributed by atoms with van der Waals surface area (Å²) >= 11 is 0. The number of hydrogen-bond donors (Lipinski definition) is 3. The molecule has 6 nitrogen and oxygen atoms in total. The molecule has 0 heterocycles. The van der Waals surface area contributed by atoms with Crippen molar-refractivity contribution < 1.29 is 8.42 Å². The number of aryl methyl sites for hydroxylation is 1. The van der Waals surface area contributed by atoms with Gasteiger partial charge in [-0.2, -0.15) is 12.7 Å². The summed E-state index contributed by atoms with van der Waals surface area (Å²) in [5.74, 6) is -0.0942. The minimum atomic E-state index is -3.57. The van der Waals surface area contributed by atoms with E-state index < -0.39 is 10.2 Å². The van der Waals surface area contributed by atoms with Crippen molar-refractivity contribution in [1.82, 2.24) is 4.31 Å². The number of benzene rings is 1. The third kappa shape index (κ3) is 3.68. The highest BCUT2D eigenvalue weighted by Gasteiger charge is 2.19. The third-order valence-electron chi connectivity index (χ3n) is 2.83. The number of hydrogen-bond acceptors (Lipinski definition) is 3. The van der Waals surface area contributed by atoms with Gasteiger partial charge in [0.2, 0.25) is 0 Å². The van der Waals surface area contributed by atoms with E-state index in [0.29, 0.717) is 24.3 Å². The molecule has 0 radical (unpaired) electrons. The van der Waals surface area contributed by atoms with Gasteiger partial charge in [0.05, 0.1) is 5.69 Å². The second kappa shape index (κ2) is 6.03. The van der Waals surface area contributed by atoms with Crippen LogP contribution in [0.2, 0.25) is 0 Å². The van der Waals surface area contributed by atoms with Crippen LogP contribution >= 0.6 is 0 Å². The molecule has 19 heavy (non-hydrogen) atoms. The quantitative estimate of drug-likeness (QED) is 0.542. The van der Waals surface area contributed by atoms with Crippen LogP contribution < -0.4 is 10.5 Å². The number of nitrogen functional groups attached to an aromatic ring is 1. The Bertz CT molecular complexity index is 565. The molecule has 0 fully saturated rings. The molecule has 0 aliphatic rings. The molecule has 0 amide bonds. The van der Waals surface area contributed by atoms with Crippen molar-refractivity contribution in [1.29, 1.82) is 5.41 Å². The van der Waals surface area contributed by atoms with Gasteiger partial charge in [0, 0.05) is 18.7 Å². The van der Waals surface area contributed by atoms with Crippen LogP contribution in [0.5, 0.6) is 0 Å². The molecule has 0 atom stereocenters. The van der Waals surface area contributed by atoms with E-state index in [0.717, 1.165) is 5.56 Å². The SMILES string of the molecule is CCN(CC)S(=O)(=O)Nc1cc(C(=N)N)ccc1C. The Balaban J connectivity index is 3.11. The standard InChI is InChI=1S/C12H20N4O2S/c1-4-16(5-2)19(17,18)15-11-8-10(12(13)14)7-6-9(11)3/h6-8,15H,4-5H2,1-3H3,(H3,13,14). The first kappa shape index (κ1) is 15.5. The van der Waals surface area contributed by atoms with Crippen LogP contribution in [0.25, 0.3) is 0 Å². The fraction of sp³-hybridized carbons (Fsp3) is 0.417. The average Bonchev–Trinajstić information content (AvgIpc) is 2.32. The monoisotopic (exact) mass is 284 g/mol. The molecular formula is C12H20N4O2S. The summed E-state index contributed by atoms with van der Waals surface area (Å²) < 4.78 is 28.1. The molecule has 0 aliphatic heterocycles. The Labute approximate surface area is 114 Å². The fourth-order valence-corrected chi connectivity index (χ4v) is 2.97. The summed E-state index contributed by atoms with van der Waals surface area (Å²) in [7, 11) is -3.57. The zero-order valence-electron chi connectivity index (χ0n) is 11.4. The van der Waals surface area contributed by atoms with Gasteiger partial charge < -0.3 is 5.73 Å². The van der Waals surface area contributed by atoms with Crippen molar-refractivity contribution in [2.24, 2.45) is 5.73 Å². The molecule has 0 unspecified atom stereocenters. The number of anilines is 1. The first-order chi connectivity index (χ1) is 8.81. The lowest BCUT2D eigenvalue weighted by Gasteiger charge is -2.20. The van der Waals surface area contributed by atoms with E-state index in [1.165, 1.54) is 4.31 Å². The summed E-state index contributed by atoms with van der Waals surface area (Å²) in [6.45, 7) is 6.15. The zero-order valence-corrected chi connectivity index (χ0v) is 12.2. The Morgan fingerprint density at radius 1 is 1.37 bits per heavy atom. The van der Waals surface area contributed by atoms with E-state index >= 15 is 0 Å². The summed E-state index contributed by atoms with van der Waals surface area (Å²) in [4.78, 5) is 0. The number of rotatable bonds is 6. The van der Waals surface area contributed by atoms with Crippen molar-refractivity contribution >= 4 is 21.7 Å². The normalized spacial score (nSPS) is 11.6. The molecule has 106 valence electrons. The van der Waals surface area contributed by atoms with E-state index in [9.17, 15) is 8.42 Å². The minimum absolute atomic E-state index is 0.0942. The topological polar surface area (TPSA) is 99.3 Å². The average molecular weight is 284 g/mol. The number of amidine groups is 1. The lowest BCUT2D eigenvalue weighted by Crippen LogP contribution is -2.35. The lowest BCUT2D eigenvalue weighted by molar-refractivity contribution is 0.449. The van der Waals surface area contributed by atoms with Crippen LogP contribution in [-0.2, 0) is 10.2 Å². The van der Waals surface area contributed by atoms with Gasteiger partial charge in [-0.05, 0) is 18.6 Å². The van der Waals surface area contributed by atoms with Crippen LogP contribution in [0.3, 0.4) is 0 Å². The van der Waals surface area contributed by atoms with Crippen LogP contribution in [0.1, 0.15) is 25.0 Å². The summed E-state index contributed by atoms with van der Waals surface area (Å²) in [6, 6.07) is 4.99. The first-order valence-corrected chi connectivity index (χ1v) is 7.48. The van der Waals surface area contributed by atoms with E-state index in [-0.39, 0.29) is 5.84 Å². The van der Waals surface area contributed by atoms with E-state index in [4.69, 9.17) is 11.1 Å². The second-order valence-corrected chi connectivity index (χ2v) is 5.81. The van der Waals surface area contributed by atoms with Crippen LogP contribution in [0.4, 0.5) is 5.69 Å². The highest BCUT2D eigenvalue weighted by Crippen LogP contribution is 2.19. The van der Waals surface area contributed by atoms with Gasteiger partial charge in [-0.3, -0.25) is 10.1 Å². The molecule has 0 spiro atoms. The predicted octanol–water partition coefficient (Wildman–Crippen LogP) is 1.28. The number of nitrogens with one attached hydrogen (secondary N) is 2. The largest absolute Gasteiger partial charge is 0.384 e. The van der Waals surface area contributed by atoms with Crippen molar-refractivity contribution in [3.8, 4) is 0 Å². The molecule has 1 aromatic rings. The molecule has 0 aromatic heterocycles. The van der Waals surface area contributed by atoms with Crippen LogP contribution in [0.15, 0.2) is 18.2 Å². The van der Waals surface area contributed by atoms with Crippen molar-refractivity contribution in [2.45, 2.75) is 20.8 Å². The Kier molecular flexibility index (Phi) is 4.90. The third-order valence-corrected chi connectivity index (χ3v) is 4.51. The van der Waals surface area contributed by atoms with Crippen molar-refractivity contribution in [3.63, 3.8) is 0 Å². The predicted molar refractivity (Wildman–Crippen MR) is 77.7 cm³/mol. The molecule has 0 saturated heterocycles. The smallest absolute Gasteiger partial charge is 0.301 e. The highest BCUT2D eigenvalue weighted by molar-refractivity contribution is 7.90. The number of nitrogens with two attached hydrogens (primary N) is 1. The van der Waals surface area contributed by atoms with Crippen molar-refractivity contribution in [3.05, 3.63) is 29.3 Å². The summed E-state index contributed by atoms with van der Waals surface area (Å²) in [5.41, 5.74) is 7.12. The van der Waals surface area contributed by atoms with Gasteiger partial charge in [-0.15, -0.1) is 0 Å². The van der Waals surface area contributed by atoms with Gasteiger partial charge in [-0.25, -0.2) is 0 Å². The molecule has 0 bridgehead atoms. The second-order valence-electron chi connectivity index (χ2n) is 4.13. The summed E-state index contributed by atoms with van der Waals surface area (Å²) in [5, 5.41) is 7.38. The fourth-order valence-electron chi connectivity index (χ4n) is 1.67. The molecule has 0 aliphatic carbocycles. The maximum Gasteiger partial charge on any atom is 0.301 e. The maximum atomic E-state index is 12.1. The van der Waals surface area contributed by atoms with Gasteiger partial charge in [0.15, 0.2) is 0 Å². The minimum Gasteiger partial charge on any atom is -0.384 e. The molecule has 0 saturated carbocycles. The van der Waals surface area contributed by atoms with E-state index in [2.05, 4.69) is 4.72 Å². The van der Waals surface area contributed by atoms with Crippen molar-refractivity contribution in [2.75, 3.05) is 17.8 Å². The maximum absolute atomic E-state index is 12.1. The van der Waals surface area contributed by atoms with Crippen LogP contribution in [0, 0.1) is 12.3 Å². The molecule has 1 rings (SSSR count). The lowest BCUT2D eigenvalue weighted by atomic mass is 10.1. The molecule has 7 heteroatoms. The van der Waals surface area contributed by atoms with Crippen LogP contribution in [-0.4, -0.2) is 31.6 Å². The Hall–Kier alpha value is -1.60. The highest BCUT2D eigenvalue weighted by atomic mass is 32.2. The van der Waals surface area contributed by atoms with E-state index in [1.54, 1.807) is 39.0 Å². The van der Waals surface area contributed by atoms with Gasteiger partial charge in [0.25, 0.3) is 0 Å². The van der Waals surface area contributed by atoms with Gasteiger partial charge >= 0.3 is 10.2 Å². The molecular weight excluding hydrogens is 264 g/mol. The number of nitrogens with zero attached hydrogens (tertiary/aromatic N) is 1. The first-order valence-electron chi connectivity index (χ1n) is 6.04. The molecule has 1 aromatic carbocycles. The van der Waals surface area contributed by atoms with Gasteiger partial charge in [-0.1, -0.05) is 26.0 Å². The Morgan fingerprint density at radius 2 is 1.95 bits per heavy atom. The molecule has 4 N–H and O–H groups in total.